The number of hydrogen-bond acceptors (Lipinski definition) is 3. The van der Waals surface area contributed by atoms with Gasteiger partial charge in [0.2, 0.25) is 0 Å². The summed E-state index contributed by atoms with van der Waals surface area (Å²) in [5.41, 5.74) is 0. The van der Waals surface area contributed by atoms with Crippen molar-refractivity contribution in [2.45, 2.75) is 27.7 Å². The van der Waals surface area contributed by atoms with Crippen LogP contribution in [-0.4, -0.2) is 38.8 Å². The molecule has 0 heterocycles. The predicted molar refractivity (Wildman–Crippen MR) is 74.2 cm³/mol. The Bertz CT molecular complexity index is 308. The topological polar surface area (TPSA) is 43.4 Å². The van der Waals surface area contributed by atoms with E-state index in [9.17, 15) is 8.42 Å². The van der Waals surface area contributed by atoms with Crippen LogP contribution in [0.3, 0.4) is 0 Å². The van der Waals surface area contributed by atoms with Crippen molar-refractivity contribution in [2.75, 3.05) is 30.4 Å². The fraction of sp³-hybridized carbons (Fsp3) is 0.818. The predicted octanol–water partition coefficient (Wildman–Crippen LogP) is 3.07. The average molecular weight is 268 g/mol. The van der Waals surface area contributed by atoms with Gasteiger partial charge in [-0.3, -0.25) is 0 Å². The fourth-order valence-corrected chi connectivity index (χ4v) is 9.52. The van der Waals surface area contributed by atoms with Gasteiger partial charge in [-0.15, -0.1) is 0 Å². The normalized spacial score (nSPS) is 15.4. The molecule has 0 unspecified atom stereocenters. The molecule has 0 rings (SSSR count). The fourth-order valence-electron chi connectivity index (χ4n) is 2.05. The van der Waals surface area contributed by atoms with Crippen molar-refractivity contribution in [3.05, 3.63) is 12.7 Å². The van der Waals surface area contributed by atoms with Gasteiger partial charge in [-0.1, -0.05) is 0 Å². The second kappa shape index (κ2) is 5.61. The molecule has 98 valence electrons. The molecule has 0 bridgehead atoms. The van der Waals surface area contributed by atoms with Gasteiger partial charge in [0.1, 0.15) is 0 Å². The van der Waals surface area contributed by atoms with Gasteiger partial charge in [0.25, 0.3) is 0 Å². The van der Waals surface area contributed by atoms with Gasteiger partial charge >= 0.3 is 100 Å². The summed E-state index contributed by atoms with van der Waals surface area (Å²) in [6.07, 6.45) is 4.69. The standard InChI is InChI=1S/C11H25O3PS/c1-6-11-16(12,13)14-15(7-2,8-3,9-4)10-5/h6H,1,7-11H2,2-5H3. The number of hydrogen-bond donors (Lipinski definition) is 0. The van der Waals surface area contributed by atoms with Crippen LogP contribution >= 0.6 is 6.83 Å². The van der Waals surface area contributed by atoms with Crippen molar-refractivity contribution < 1.29 is 12.4 Å². The summed E-state index contributed by atoms with van der Waals surface area (Å²) in [5.74, 6) is -0.0924. The van der Waals surface area contributed by atoms with E-state index in [4.69, 9.17) is 3.97 Å². The van der Waals surface area contributed by atoms with E-state index >= 15 is 0 Å². The van der Waals surface area contributed by atoms with Gasteiger partial charge in [-0.25, -0.2) is 0 Å². The summed E-state index contributed by atoms with van der Waals surface area (Å²) < 4.78 is 29.3. The van der Waals surface area contributed by atoms with Crippen LogP contribution in [0.25, 0.3) is 0 Å². The minimum absolute atomic E-state index is 0.0924. The molecule has 5 heteroatoms. The molecule has 3 nitrogen and oxygen atoms in total. The Morgan fingerprint density at radius 2 is 1.44 bits per heavy atom. The first-order chi connectivity index (χ1) is 7.32. The van der Waals surface area contributed by atoms with Crippen LogP contribution in [0.4, 0.5) is 0 Å². The molecule has 0 aromatic heterocycles. The van der Waals surface area contributed by atoms with Crippen molar-refractivity contribution in [2.24, 2.45) is 0 Å². The first kappa shape index (κ1) is 16.1. The quantitative estimate of drug-likeness (QED) is 0.502. The molecule has 0 saturated carbocycles. The molecule has 0 spiro atoms. The molecule has 0 aliphatic heterocycles. The molecule has 0 aromatic carbocycles. The SMILES string of the molecule is C=CCS(=O)(=O)OP(CC)(CC)(CC)CC. The van der Waals surface area contributed by atoms with E-state index in [1.807, 2.05) is 27.7 Å². The Balaban J connectivity index is 5.32. The molecule has 0 aliphatic carbocycles. The Hall–Kier alpha value is 0.0800. The van der Waals surface area contributed by atoms with Gasteiger partial charge in [-0.05, 0) is 0 Å². The number of rotatable bonds is 8. The van der Waals surface area contributed by atoms with E-state index in [-0.39, 0.29) is 5.75 Å². The summed E-state index contributed by atoms with van der Waals surface area (Å²) in [5, 5.41) is 0. The van der Waals surface area contributed by atoms with Crippen molar-refractivity contribution in [3.8, 4) is 0 Å². The van der Waals surface area contributed by atoms with Gasteiger partial charge in [0, 0.05) is 0 Å². The third-order valence-electron chi connectivity index (χ3n) is 3.85. The zero-order valence-electron chi connectivity index (χ0n) is 10.9. The Kier molecular flexibility index (Phi) is 5.64. The summed E-state index contributed by atoms with van der Waals surface area (Å²) in [7, 11) is -3.46. The van der Waals surface area contributed by atoms with Crippen molar-refractivity contribution in [3.63, 3.8) is 0 Å². The summed E-state index contributed by atoms with van der Waals surface area (Å²) in [6, 6.07) is 0. The molecule has 0 saturated heterocycles. The Labute approximate surface area is 100 Å². The second-order valence-corrected chi connectivity index (χ2v) is 12.5. The molecule has 0 aliphatic rings. The molecule has 16 heavy (non-hydrogen) atoms. The van der Waals surface area contributed by atoms with E-state index < -0.39 is 16.9 Å². The molecule has 0 radical (unpaired) electrons. The van der Waals surface area contributed by atoms with Crippen molar-refractivity contribution >= 4 is 16.9 Å². The van der Waals surface area contributed by atoms with Gasteiger partial charge in [0.15, 0.2) is 0 Å². The van der Waals surface area contributed by atoms with E-state index in [0.29, 0.717) is 0 Å². The van der Waals surface area contributed by atoms with E-state index in [2.05, 4.69) is 6.58 Å². The third-order valence-corrected chi connectivity index (χ3v) is 13.5. The van der Waals surface area contributed by atoms with Crippen LogP contribution < -0.4 is 0 Å². The Morgan fingerprint density at radius 1 is 1.06 bits per heavy atom. The van der Waals surface area contributed by atoms with Crippen LogP contribution in [0, 0.1) is 0 Å². The maximum atomic E-state index is 11.8. The summed E-state index contributed by atoms with van der Waals surface area (Å²) in [6.45, 7) is 9.09. The van der Waals surface area contributed by atoms with Crippen molar-refractivity contribution in [1.29, 1.82) is 0 Å². The van der Waals surface area contributed by atoms with Crippen LogP contribution in [0.1, 0.15) is 27.7 Å². The Morgan fingerprint density at radius 3 is 1.69 bits per heavy atom. The molecular formula is C11H25O3PS. The van der Waals surface area contributed by atoms with E-state index in [0.717, 1.165) is 24.6 Å². The monoisotopic (exact) mass is 268 g/mol. The van der Waals surface area contributed by atoms with E-state index in [1.165, 1.54) is 6.08 Å². The van der Waals surface area contributed by atoms with Crippen LogP contribution in [0.15, 0.2) is 12.7 Å². The van der Waals surface area contributed by atoms with Crippen LogP contribution in [0.5, 0.6) is 0 Å². The molecule has 0 fully saturated rings. The third kappa shape index (κ3) is 3.28. The summed E-state index contributed by atoms with van der Waals surface area (Å²) in [4.78, 5) is 0. The zero-order valence-corrected chi connectivity index (χ0v) is 12.6. The van der Waals surface area contributed by atoms with Crippen LogP contribution in [-0.2, 0) is 14.1 Å². The summed E-state index contributed by atoms with van der Waals surface area (Å²) >= 11 is 0. The van der Waals surface area contributed by atoms with Crippen molar-refractivity contribution in [1.82, 2.24) is 0 Å². The molecule has 0 amide bonds. The van der Waals surface area contributed by atoms with Gasteiger partial charge in [-0.2, -0.15) is 0 Å². The first-order valence-electron chi connectivity index (χ1n) is 5.88. The zero-order chi connectivity index (χ0) is 12.9. The second-order valence-electron chi connectivity index (χ2n) is 4.21. The van der Waals surface area contributed by atoms with Gasteiger partial charge < -0.3 is 0 Å². The van der Waals surface area contributed by atoms with E-state index in [1.54, 1.807) is 0 Å². The van der Waals surface area contributed by atoms with Gasteiger partial charge in [0.05, 0.1) is 0 Å². The molecule has 0 N–H and O–H groups in total. The molecule has 0 aromatic rings. The maximum absolute atomic E-state index is 11.8. The molecular weight excluding hydrogens is 243 g/mol. The molecule has 0 atom stereocenters. The average Bonchev–Trinajstić information content (AvgIpc) is 2.27. The van der Waals surface area contributed by atoms with Crippen LogP contribution in [0.2, 0.25) is 0 Å². The first-order valence-corrected chi connectivity index (χ1v) is 10.4. The minimum atomic E-state index is -3.46.